The Bertz CT molecular complexity index is 226. The summed E-state index contributed by atoms with van der Waals surface area (Å²) in [5.41, 5.74) is 6.47. The van der Waals surface area contributed by atoms with Crippen molar-refractivity contribution in [2.24, 2.45) is 16.6 Å². The predicted molar refractivity (Wildman–Crippen MR) is 74.7 cm³/mol. The summed E-state index contributed by atoms with van der Waals surface area (Å²) in [7, 11) is 1.76. The molecule has 0 aromatic heterocycles. The first-order valence-electron chi connectivity index (χ1n) is 7.01. The summed E-state index contributed by atoms with van der Waals surface area (Å²) in [5, 5.41) is 3.60. The Hall–Kier alpha value is -0.160. The standard InChI is InChI=1S/C14H30N2O2/c1-13(2,4-7-17-3)11-16-12-14(10-15)5-8-18-9-6-14/h16H,4-12,15H2,1-3H3. The molecule has 1 rings (SSSR count). The molecule has 0 spiro atoms. The summed E-state index contributed by atoms with van der Waals surface area (Å²) in [6, 6.07) is 0. The smallest absolute Gasteiger partial charge is 0.0472 e. The van der Waals surface area contributed by atoms with Crippen LogP contribution in [0.4, 0.5) is 0 Å². The van der Waals surface area contributed by atoms with Crippen LogP contribution in [0.5, 0.6) is 0 Å². The van der Waals surface area contributed by atoms with Gasteiger partial charge < -0.3 is 20.5 Å². The number of nitrogens with one attached hydrogen (secondary N) is 1. The quantitative estimate of drug-likeness (QED) is 0.691. The van der Waals surface area contributed by atoms with E-state index in [4.69, 9.17) is 15.2 Å². The Morgan fingerprint density at radius 2 is 2.00 bits per heavy atom. The molecule has 0 saturated carbocycles. The fraction of sp³-hybridized carbons (Fsp3) is 1.00. The molecule has 18 heavy (non-hydrogen) atoms. The van der Waals surface area contributed by atoms with E-state index < -0.39 is 0 Å². The van der Waals surface area contributed by atoms with E-state index in [9.17, 15) is 0 Å². The minimum atomic E-state index is 0.246. The third-order valence-electron chi connectivity index (χ3n) is 4.07. The van der Waals surface area contributed by atoms with Crippen molar-refractivity contribution < 1.29 is 9.47 Å². The van der Waals surface area contributed by atoms with Crippen LogP contribution in [0.3, 0.4) is 0 Å². The van der Waals surface area contributed by atoms with Gasteiger partial charge in [0.2, 0.25) is 0 Å². The van der Waals surface area contributed by atoms with Crippen LogP contribution in [0.1, 0.15) is 33.1 Å². The Morgan fingerprint density at radius 3 is 2.56 bits per heavy atom. The average molecular weight is 258 g/mol. The second-order valence-electron chi connectivity index (χ2n) is 6.33. The molecule has 0 aliphatic carbocycles. The number of hydrogen-bond donors (Lipinski definition) is 2. The molecule has 0 aromatic rings. The van der Waals surface area contributed by atoms with Crippen LogP contribution < -0.4 is 11.1 Å². The van der Waals surface area contributed by atoms with Crippen molar-refractivity contribution in [2.45, 2.75) is 33.1 Å². The molecule has 1 aliphatic heterocycles. The van der Waals surface area contributed by atoms with Crippen molar-refractivity contribution in [3.05, 3.63) is 0 Å². The molecule has 1 saturated heterocycles. The van der Waals surface area contributed by atoms with Crippen LogP contribution in [0.15, 0.2) is 0 Å². The van der Waals surface area contributed by atoms with Gasteiger partial charge in [-0.25, -0.2) is 0 Å². The zero-order chi connectivity index (χ0) is 13.5. The predicted octanol–water partition coefficient (Wildman–Crippen LogP) is 1.39. The molecule has 4 nitrogen and oxygen atoms in total. The number of methoxy groups -OCH3 is 1. The minimum absolute atomic E-state index is 0.246. The summed E-state index contributed by atoms with van der Waals surface area (Å²) < 4.78 is 10.6. The van der Waals surface area contributed by atoms with Gasteiger partial charge in [-0.15, -0.1) is 0 Å². The minimum Gasteiger partial charge on any atom is -0.385 e. The second kappa shape index (κ2) is 7.43. The molecule has 1 fully saturated rings. The van der Waals surface area contributed by atoms with Gasteiger partial charge in [-0.1, -0.05) is 13.8 Å². The monoisotopic (exact) mass is 258 g/mol. The van der Waals surface area contributed by atoms with Gasteiger partial charge in [0.15, 0.2) is 0 Å². The van der Waals surface area contributed by atoms with Crippen molar-refractivity contribution in [3.63, 3.8) is 0 Å². The Balaban J connectivity index is 2.30. The molecular formula is C14H30N2O2. The topological polar surface area (TPSA) is 56.5 Å². The Kier molecular flexibility index (Phi) is 6.57. The Morgan fingerprint density at radius 1 is 1.33 bits per heavy atom. The molecule has 0 amide bonds. The molecule has 1 heterocycles. The third kappa shape index (κ3) is 5.22. The number of ether oxygens (including phenoxy) is 2. The van der Waals surface area contributed by atoms with Gasteiger partial charge in [-0.3, -0.25) is 0 Å². The molecule has 0 radical (unpaired) electrons. The largest absolute Gasteiger partial charge is 0.385 e. The number of hydrogen-bond acceptors (Lipinski definition) is 4. The van der Waals surface area contributed by atoms with Crippen LogP contribution in [-0.2, 0) is 9.47 Å². The molecule has 4 heteroatoms. The van der Waals surface area contributed by atoms with Gasteiger partial charge in [0.25, 0.3) is 0 Å². The summed E-state index contributed by atoms with van der Waals surface area (Å²) in [4.78, 5) is 0. The maximum absolute atomic E-state index is 5.95. The first-order valence-corrected chi connectivity index (χ1v) is 7.01. The molecule has 0 aromatic carbocycles. The molecule has 108 valence electrons. The summed E-state index contributed by atoms with van der Waals surface area (Å²) in [6.07, 6.45) is 3.24. The van der Waals surface area contributed by atoms with Crippen molar-refractivity contribution in [2.75, 3.05) is 46.6 Å². The zero-order valence-electron chi connectivity index (χ0n) is 12.3. The molecule has 0 atom stereocenters. The second-order valence-corrected chi connectivity index (χ2v) is 6.33. The SMILES string of the molecule is COCCC(C)(C)CNCC1(CN)CCOCC1. The molecule has 1 aliphatic rings. The summed E-state index contributed by atoms with van der Waals surface area (Å²) in [5.74, 6) is 0. The van der Waals surface area contributed by atoms with E-state index >= 15 is 0 Å². The molecule has 3 N–H and O–H groups in total. The van der Waals surface area contributed by atoms with E-state index in [-0.39, 0.29) is 10.8 Å². The van der Waals surface area contributed by atoms with Gasteiger partial charge in [-0.2, -0.15) is 0 Å². The van der Waals surface area contributed by atoms with E-state index in [0.717, 1.165) is 58.7 Å². The lowest BCUT2D eigenvalue weighted by molar-refractivity contribution is 0.0179. The van der Waals surface area contributed by atoms with Crippen molar-refractivity contribution in [1.29, 1.82) is 0 Å². The third-order valence-corrected chi connectivity index (χ3v) is 4.07. The molecule has 0 unspecified atom stereocenters. The highest BCUT2D eigenvalue weighted by Gasteiger charge is 2.31. The Labute approximate surface area is 112 Å². The maximum atomic E-state index is 5.95. The van der Waals surface area contributed by atoms with E-state index in [0.29, 0.717) is 0 Å². The van der Waals surface area contributed by atoms with E-state index in [1.165, 1.54) is 0 Å². The van der Waals surface area contributed by atoms with E-state index in [2.05, 4.69) is 19.2 Å². The lowest BCUT2D eigenvalue weighted by atomic mass is 9.79. The highest BCUT2D eigenvalue weighted by molar-refractivity contribution is 4.86. The van der Waals surface area contributed by atoms with Crippen molar-refractivity contribution >= 4 is 0 Å². The molecule has 0 bridgehead atoms. The van der Waals surface area contributed by atoms with Gasteiger partial charge in [0.1, 0.15) is 0 Å². The van der Waals surface area contributed by atoms with Gasteiger partial charge in [0, 0.05) is 40.0 Å². The van der Waals surface area contributed by atoms with Crippen LogP contribution in [0.25, 0.3) is 0 Å². The summed E-state index contributed by atoms with van der Waals surface area (Å²) >= 11 is 0. The normalized spacial score (nSPS) is 20.0. The first-order chi connectivity index (χ1) is 8.54. The van der Waals surface area contributed by atoms with Gasteiger partial charge in [-0.05, 0) is 36.6 Å². The number of nitrogens with two attached hydrogens (primary N) is 1. The fourth-order valence-electron chi connectivity index (χ4n) is 2.39. The van der Waals surface area contributed by atoms with Crippen molar-refractivity contribution in [1.82, 2.24) is 5.32 Å². The summed E-state index contributed by atoms with van der Waals surface area (Å²) in [6.45, 7) is 9.85. The van der Waals surface area contributed by atoms with Crippen LogP contribution >= 0.6 is 0 Å². The molecular weight excluding hydrogens is 228 g/mol. The van der Waals surface area contributed by atoms with Crippen molar-refractivity contribution in [3.8, 4) is 0 Å². The average Bonchev–Trinajstić information content (AvgIpc) is 2.37. The van der Waals surface area contributed by atoms with Gasteiger partial charge >= 0.3 is 0 Å². The zero-order valence-corrected chi connectivity index (χ0v) is 12.3. The first kappa shape index (κ1) is 15.9. The van der Waals surface area contributed by atoms with Crippen LogP contribution in [0, 0.1) is 10.8 Å². The lowest BCUT2D eigenvalue weighted by Crippen LogP contribution is -2.46. The lowest BCUT2D eigenvalue weighted by Gasteiger charge is -2.37. The van der Waals surface area contributed by atoms with Gasteiger partial charge in [0.05, 0.1) is 0 Å². The van der Waals surface area contributed by atoms with E-state index in [1.807, 2.05) is 0 Å². The number of rotatable bonds is 8. The van der Waals surface area contributed by atoms with E-state index in [1.54, 1.807) is 7.11 Å². The highest BCUT2D eigenvalue weighted by Crippen LogP contribution is 2.29. The maximum Gasteiger partial charge on any atom is 0.0472 e. The highest BCUT2D eigenvalue weighted by atomic mass is 16.5. The fourth-order valence-corrected chi connectivity index (χ4v) is 2.39. The van der Waals surface area contributed by atoms with Crippen LogP contribution in [0.2, 0.25) is 0 Å². The van der Waals surface area contributed by atoms with Crippen LogP contribution in [-0.4, -0.2) is 46.6 Å².